The molecular formula is C23H27NO5S. The molecule has 1 saturated heterocycles. The molecule has 0 saturated carbocycles. The zero-order valence-corrected chi connectivity index (χ0v) is 18.3. The van der Waals surface area contributed by atoms with E-state index in [0.717, 1.165) is 4.88 Å². The molecule has 1 aliphatic heterocycles. The third kappa shape index (κ3) is 4.74. The molecule has 1 aliphatic rings. The van der Waals surface area contributed by atoms with Gasteiger partial charge in [-0.15, -0.1) is 11.3 Å². The standard InChI is InChI=1S/C23H27NO5S/c1-15(2)14-29-17-9-7-16(8-10-17)21(25)19-20(18-6-4-13-30-18)24(11-5-12-28-3)23(27)22(19)26/h4,6-10,13,15,20,25H,5,11-12,14H2,1-3H3. The summed E-state index contributed by atoms with van der Waals surface area (Å²) in [4.78, 5) is 27.9. The Hall–Kier alpha value is -2.64. The topological polar surface area (TPSA) is 76.1 Å². The SMILES string of the molecule is COCCCN1C(=O)C(=O)C(=C(O)c2ccc(OCC(C)C)cc2)C1c1cccs1. The Bertz CT molecular complexity index is 902. The number of carbonyl (C=O) groups is 2. The number of carbonyl (C=O) groups excluding carboxylic acids is 2. The highest BCUT2D eigenvalue weighted by Gasteiger charge is 2.46. The average Bonchev–Trinajstić information content (AvgIpc) is 3.35. The lowest BCUT2D eigenvalue weighted by atomic mass is 10.00. The first kappa shape index (κ1) is 22.1. The molecule has 0 bridgehead atoms. The van der Waals surface area contributed by atoms with Gasteiger partial charge in [0.25, 0.3) is 11.7 Å². The highest BCUT2D eigenvalue weighted by atomic mass is 32.1. The van der Waals surface area contributed by atoms with E-state index in [1.807, 2.05) is 17.5 Å². The molecule has 0 radical (unpaired) electrons. The normalized spacial score (nSPS) is 18.4. The van der Waals surface area contributed by atoms with E-state index in [1.54, 1.807) is 31.4 Å². The Balaban J connectivity index is 1.95. The Labute approximate surface area is 180 Å². The number of likely N-dealkylation sites (tertiary alicyclic amines) is 1. The second-order valence-electron chi connectivity index (χ2n) is 7.58. The summed E-state index contributed by atoms with van der Waals surface area (Å²) in [6.07, 6.45) is 0.604. The van der Waals surface area contributed by atoms with Crippen molar-refractivity contribution in [3.8, 4) is 5.75 Å². The molecule has 1 N–H and O–H groups in total. The molecule has 2 heterocycles. The number of hydrogen-bond acceptors (Lipinski definition) is 6. The smallest absolute Gasteiger partial charge is 0.295 e. The van der Waals surface area contributed by atoms with Crippen LogP contribution >= 0.6 is 11.3 Å². The molecule has 1 fully saturated rings. The Morgan fingerprint density at radius 3 is 2.53 bits per heavy atom. The quantitative estimate of drug-likeness (QED) is 0.279. The summed E-state index contributed by atoms with van der Waals surface area (Å²) in [6.45, 7) is 5.58. The molecule has 1 aromatic heterocycles. The van der Waals surface area contributed by atoms with Gasteiger partial charge >= 0.3 is 0 Å². The monoisotopic (exact) mass is 429 g/mol. The van der Waals surface area contributed by atoms with Crippen molar-refractivity contribution in [3.05, 3.63) is 57.8 Å². The lowest BCUT2D eigenvalue weighted by molar-refractivity contribution is -0.140. The number of Topliss-reactive ketones (excluding diaryl/α,β-unsaturated/α-hetero) is 1. The number of rotatable bonds is 9. The molecule has 30 heavy (non-hydrogen) atoms. The van der Waals surface area contributed by atoms with Crippen LogP contribution in [0.25, 0.3) is 5.76 Å². The summed E-state index contributed by atoms with van der Waals surface area (Å²) in [5.74, 6) is -0.337. The van der Waals surface area contributed by atoms with Crippen molar-refractivity contribution in [3.63, 3.8) is 0 Å². The fraction of sp³-hybridized carbons (Fsp3) is 0.391. The number of nitrogens with zero attached hydrogens (tertiary/aromatic N) is 1. The second-order valence-corrected chi connectivity index (χ2v) is 8.56. The molecule has 2 aromatic rings. The number of amides is 1. The molecule has 0 spiro atoms. The van der Waals surface area contributed by atoms with Gasteiger partial charge in [0.15, 0.2) is 0 Å². The Morgan fingerprint density at radius 1 is 1.20 bits per heavy atom. The van der Waals surface area contributed by atoms with E-state index in [0.29, 0.717) is 43.4 Å². The van der Waals surface area contributed by atoms with Crippen LogP contribution in [0.1, 0.15) is 36.8 Å². The summed E-state index contributed by atoms with van der Waals surface area (Å²) in [5.41, 5.74) is 0.596. The number of aliphatic hydroxyl groups excluding tert-OH is 1. The van der Waals surface area contributed by atoms with E-state index in [1.165, 1.54) is 16.2 Å². The molecule has 160 valence electrons. The summed E-state index contributed by atoms with van der Waals surface area (Å²) >= 11 is 1.45. The van der Waals surface area contributed by atoms with Crippen LogP contribution in [-0.2, 0) is 14.3 Å². The lowest BCUT2D eigenvalue weighted by Gasteiger charge is -2.24. The van der Waals surface area contributed by atoms with Crippen molar-refractivity contribution in [1.29, 1.82) is 0 Å². The van der Waals surface area contributed by atoms with Crippen LogP contribution in [0.5, 0.6) is 5.75 Å². The van der Waals surface area contributed by atoms with Gasteiger partial charge in [0.05, 0.1) is 18.2 Å². The number of benzene rings is 1. The van der Waals surface area contributed by atoms with E-state index >= 15 is 0 Å². The minimum atomic E-state index is -0.663. The second kappa shape index (κ2) is 9.91. The first-order valence-corrected chi connectivity index (χ1v) is 10.9. The van der Waals surface area contributed by atoms with Crippen molar-refractivity contribution < 1.29 is 24.2 Å². The minimum Gasteiger partial charge on any atom is -0.507 e. The van der Waals surface area contributed by atoms with Gasteiger partial charge in [-0.05, 0) is 48.1 Å². The van der Waals surface area contributed by atoms with Gasteiger partial charge in [-0.2, -0.15) is 0 Å². The van der Waals surface area contributed by atoms with Gasteiger partial charge in [0.1, 0.15) is 11.5 Å². The number of ether oxygens (including phenoxy) is 2. The summed E-state index contributed by atoms with van der Waals surface area (Å²) < 4.78 is 10.8. The maximum atomic E-state index is 12.9. The molecule has 1 amide bonds. The number of methoxy groups -OCH3 is 1. The number of aliphatic hydroxyl groups is 1. The molecule has 1 atom stereocenters. The van der Waals surface area contributed by atoms with Gasteiger partial charge in [-0.1, -0.05) is 19.9 Å². The molecular weight excluding hydrogens is 402 g/mol. The van der Waals surface area contributed by atoms with Crippen LogP contribution in [0.2, 0.25) is 0 Å². The molecule has 1 unspecified atom stereocenters. The van der Waals surface area contributed by atoms with Crippen LogP contribution < -0.4 is 4.74 Å². The Kier molecular flexibility index (Phi) is 7.29. The van der Waals surface area contributed by atoms with Gasteiger partial charge in [0.2, 0.25) is 0 Å². The third-order valence-corrected chi connectivity index (χ3v) is 5.74. The lowest BCUT2D eigenvalue weighted by Crippen LogP contribution is -2.31. The predicted molar refractivity (Wildman–Crippen MR) is 117 cm³/mol. The molecule has 1 aromatic carbocycles. The van der Waals surface area contributed by atoms with Crippen molar-refractivity contribution in [2.75, 3.05) is 26.9 Å². The maximum Gasteiger partial charge on any atom is 0.295 e. The highest BCUT2D eigenvalue weighted by Crippen LogP contribution is 2.41. The first-order chi connectivity index (χ1) is 14.4. The zero-order valence-electron chi connectivity index (χ0n) is 17.5. The van der Waals surface area contributed by atoms with Crippen molar-refractivity contribution in [1.82, 2.24) is 4.90 Å². The fourth-order valence-electron chi connectivity index (χ4n) is 3.36. The fourth-order valence-corrected chi connectivity index (χ4v) is 4.21. The van der Waals surface area contributed by atoms with Crippen LogP contribution in [-0.4, -0.2) is 48.6 Å². The van der Waals surface area contributed by atoms with Crippen LogP contribution in [0.15, 0.2) is 47.4 Å². The van der Waals surface area contributed by atoms with Crippen LogP contribution in [0.3, 0.4) is 0 Å². The van der Waals surface area contributed by atoms with Crippen molar-refractivity contribution in [2.45, 2.75) is 26.3 Å². The van der Waals surface area contributed by atoms with E-state index in [-0.39, 0.29) is 11.3 Å². The summed E-state index contributed by atoms with van der Waals surface area (Å²) in [6, 6.07) is 10.1. The average molecular weight is 430 g/mol. The summed E-state index contributed by atoms with van der Waals surface area (Å²) in [7, 11) is 1.60. The highest BCUT2D eigenvalue weighted by molar-refractivity contribution is 7.10. The van der Waals surface area contributed by atoms with Gasteiger partial charge in [-0.25, -0.2) is 0 Å². The van der Waals surface area contributed by atoms with E-state index in [2.05, 4.69) is 13.8 Å². The number of ketones is 1. The largest absolute Gasteiger partial charge is 0.507 e. The van der Waals surface area contributed by atoms with Gasteiger partial charge < -0.3 is 19.5 Å². The molecule has 7 heteroatoms. The Morgan fingerprint density at radius 2 is 1.93 bits per heavy atom. The van der Waals surface area contributed by atoms with Gasteiger partial charge in [-0.3, -0.25) is 9.59 Å². The summed E-state index contributed by atoms with van der Waals surface area (Å²) in [5, 5.41) is 12.9. The first-order valence-electron chi connectivity index (χ1n) is 9.98. The number of thiophene rings is 1. The predicted octanol–water partition coefficient (Wildman–Crippen LogP) is 4.24. The minimum absolute atomic E-state index is 0.121. The van der Waals surface area contributed by atoms with Gasteiger partial charge in [0, 0.05) is 30.7 Å². The van der Waals surface area contributed by atoms with Crippen molar-refractivity contribution >= 4 is 28.8 Å². The van der Waals surface area contributed by atoms with E-state index in [4.69, 9.17) is 9.47 Å². The molecule has 0 aliphatic carbocycles. The van der Waals surface area contributed by atoms with Crippen LogP contribution in [0.4, 0.5) is 0 Å². The van der Waals surface area contributed by atoms with E-state index < -0.39 is 17.7 Å². The van der Waals surface area contributed by atoms with E-state index in [9.17, 15) is 14.7 Å². The van der Waals surface area contributed by atoms with Crippen LogP contribution in [0, 0.1) is 5.92 Å². The maximum absolute atomic E-state index is 12.9. The van der Waals surface area contributed by atoms with Crippen molar-refractivity contribution in [2.24, 2.45) is 5.92 Å². The molecule has 3 rings (SSSR count). The molecule has 6 nitrogen and oxygen atoms in total. The zero-order chi connectivity index (χ0) is 21.7. The third-order valence-electron chi connectivity index (χ3n) is 4.81. The number of hydrogen-bond donors (Lipinski definition) is 1.